The van der Waals surface area contributed by atoms with Crippen LogP contribution in [0.15, 0.2) is 12.2 Å². The second kappa shape index (κ2) is 11.3. The Bertz CT molecular complexity index is 724. The smallest absolute Gasteiger partial charge is 0.411 e. The molecule has 31 heavy (non-hydrogen) atoms. The van der Waals surface area contributed by atoms with Gasteiger partial charge < -0.3 is 24.1 Å². The lowest BCUT2D eigenvalue weighted by molar-refractivity contribution is -0.155. The first-order chi connectivity index (χ1) is 14.3. The average molecular weight is 443 g/mol. The third-order valence-corrected chi connectivity index (χ3v) is 3.94. The standard InChI is InChI=1S/C20H29NO10/c1-12(2)18(26)29-9-8-28-15(22)6-7-16(23)30-13-10-14(17(24)25)21(11-13)19(27)31-20(3,4)5/h13-14H,1,6-11H2,2-5H3,(H,24,25)/t13-,14-/m1/s1. The zero-order valence-corrected chi connectivity index (χ0v) is 18.2. The zero-order valence-electron chi connectivity index (χ0n) is 18.2. The van der Waals surface area contributed by atoms with E-state index >= 15 is 0 Å². The van der Waals surface area contributed by atoms with Gasteiger partial charge in [-0.1, -0.05) is 6.58 Å². The van der Waals surface area contributed by atoms with Crippen LogP contribution in [0, 0.1) is 0 Å². The van der Waals surface area contributed by atoms with Gasteiger partial charge in [-0.25, -0.2) is 14.4 Å². The molecule has 0 unspecified atom stereocenters. The van der Waals surface area contributed by atoms with E-state index in [2.05, 4.69) is 6.58 Å². The number of esters is 3. The Kier molecular flexibility index (Phi) is 9.47. The average Bonchev–Trinajstić information content (AvgIpc) is 3.06. The lowest BCUT2D eigenvalue weighted by Crippen LogP contribution is -2.43. The minimum absolute atomic E-state index is 0.0845. The van der Waals surface area contributed by atoms with E-state index < -0.39 is 47.7 Å². The molecule has 0 aliphatic carbocycles. The monoisotopic (exact) mass is 443 g/mol. The summed E-state index contributed by atoms with van der Waals surface area (Å²) in [5.41, 5.74) is -0.589. The number of carboxylic acids is 1. The molecule has 0 aromatic carbocycles. The number of carboxylic acid groups (broad SMARTS) is 1. The van der Waals surface area contributed by atoms with Gasteiger partial charge in [0.05, 0.1) is 19.4 Å². The van der Waals surface area contributed by atoms with Crippen LogP contribution in [0.2, 0.25) is 0 Å². The highest BCUT2D eigenvalue weighted by atomic mass is 16.6. The normalized spacial score (nSPS) is 18.1. The number of likely N-dealkylation sites (tertiary alicyclic amines) is 1. The molecule has 1 rings (SSSR count). The Hall–Kier alpha value is -3.11. The van der Waals surface area contributed by atoms with Gasteiger partial charge in [-0.05, 0) is 27.7 Å². The molecule has 1 N–H and O–H groups in total. The van der Waals surface area contributed by atoms with Gasteiger partial charge in [-0.3, -0.25) is 14.5 Å². The quantitative estimate of drug-likeness (QED) is 0.240. The second-order valence-corrected chi connectivity index (χ2v) is 7.97. The summed E-state index contributed by atoms with van der Waals surface area (Å²) in [6.07, 6.45) is -2.28. The molecule has 11 nitrogen and oxygen atoms in total. The Morgan fingerprint density at radius 3 is 2.16 bits per heavy atom. The van der Waals surface area contributed by atoms with Crippen molar-refractivity contribution in [3.63, 3.8) is 0 Å². The molecule has 1 aliphatic heterocycles. The van der Waals surface area contributed by atoms with Crippen LogP contribution in [-0.4, -0.2) is 77.5 Å². The molecular formula is C20H29NO10. The molecule has 0 saturated carbocycles. The van der Waals surface area contributed by atoms with E-state index in [-0.39, 0.29) is 44.6 Å². The molecule has 1 amide bonds. The maximum absolute atomic E-state index is 12.2. The number of ether oxygens (including phenoxy) is 4. The Balaban J connectivity index is 2.42. The predicted octanol–water partition coefficient (Wildman–Crippen LogP) is 1.43. The van der Waals surface area contributed by atoms with Gasteiger partial charge in [-0.15, -0.1) is 0 Å². The number of carbonyl (C=O) groups is 5. The summed E-state index contributed by atoms with van der Waals surface area (Å²) < 4.78 is 20.0. The summed E-state index contributed by atoms with van der Waals surface area (Å²) in [6.45, 7) is 9.41. The van der Waals surface area contributed by atoms with Crippen LogP contribution in [0.5, 0.6) is 0 Å². The third kappa shape index (κ3) is 9.49. The highest BCUT2D eigenvalue weighted by molar-refractivity contribution is 5.87. The fourth-order valence-electron chi connectivity index (χ4n) is 2.57. The Morgan fingerprint density at radius 2 is 1.61 bits per heavy atom. The van der Waals surface area contributed by atoms with Crippen molar-refractivity contribution in [3.8, 4) is 0 Å². The molecule has 1 heterocycles. The highest BCUT2D eigenvalue weighted by Crippen LogP contribution is 2.24. The fourth-order valence-corrected chi connectivity index (χ4v) is 2.57. The second-order valence-electron chi connectivity index (χ2n) is 7.97. The molecule has 2 atom stereocenters. The van der Waals surface area contributed by atoms with Crippen molar-refractivity contribution < 1.29 is 48.0 Å². The van der Waals surface area contributed by atoms with E-state index in [0.717, 1.165) is 4.90 Å². The van der Waals surface area contributed by atoms with Crippen molar-refractivity contribution in [1.29, 1.82) is 0 Å². The van der Waals surface area contributed by atoms with Crippen molar-refractivity contribution in [3.05, 3.63) is 12.2 Å². The van der Waals surface area contributed by atoms with E-state index in [0.29, 0.717) is 0 Å². The Morgan fingerprint density at radius 1 is 1.03 bits per heavy atom. The van der Waals surface area contributed by atoms with Crippen molar-refractivity contribution in [2.45, 2.75) is 64.7 Å². The van der Waals surface area contributed by atoms with Gasteiger partial charge in [0.2, 0.25) is 0 Å². The first kappa shape index (κ1) is 25.9. The van der Waals surface area contributed by atoms with E-state index in [1.807, 2.05) is 0 Å². The van der Waals surface area contributed by atoms with Crippen LogP contribution in [0.3, 0.4) is 0 Å². The number of rotatable bonds is 9. The maximum Gasteiger partial charge on any atom is 0.411 e. The van der Waals surface area contributed by atoms with E-state index in [9.17, 15) is 29.1 Å². The first-order valence-electron chi connectivity index (χ1n) is 9.70. The predicted molar refractivity (Wildman–Crippen MR) is 105 cm³/mol. The number of hydrogen-bond donors (Lipinski definition) is 1. The van der Waals surface area contributed by atoms with Crippen molar-refractivity contribution in [2.24, 2.45) is 0 Å². The van der Waals surface area contributed by atoms with Gasteiger partial charge in [0.1, 0.15) is 31.0 Å². The van der Waals surface area contributed by atoms with E-state index in [1.54, 1.807) is 20.8 Å². The van der Waals surface area contributed by atoms with Crippen molar-refractivity contribution >= 4 is 30.0 Å². The molecule has 0 bridgehead atoms. The van der Waals surface area contributed by atoms with Gasteiger partial charge in [-0.2, -0.15) is 0 Å². The van der Waals surface area contributed by atoms with Crippen LogP contribution >= 0.6 is 0 Å². The van der Waals surface area contributed by atoms with Crippen LogP contribution in [0.25, 0.3) is 0 Å². The molecular weight excluding hydrogens is 414 g/mol. The molecule has 1 aliphatic rings. The summed E-state index contributed by atoms with van der Waals surface area (Å²) in [6, 6.07) is -1.18. The molecule has 174 valence electrons. The van der Waals surface area contributed by atoms with Crippen molar-refractivity contribution in [1.82, 2.24) is 4.90 Å². The summed E-state index contributed by atoms with van der Waals surface area (Å²) in [5.74, 6) is -3.25. The molecule has 1 fully saturated rings. The lowest BCUT2D eigenvalue weighted by Gasteiger charge is -2.26. The molecule has 0 spiro atoms. The van der Waals surface area contributed by atoms with E-state index in [1.165, 1.54) is 6.92 Å². The van der Waals surface area contributed by atoms with Gasteiger partial charge in [0, 0.05) is 12.0 Å². The maximum atomic E-state index is 12.2. The van der Waals surface area contributed by atoms with E-state index in [4.69, 9.17) is 18.9 Å². The summed E-state index contributed by atoms with van der Waals surface area (Å²) in [5, 5.41) is 9.34. The molecule has 0 aromatic heterocycles. The van der Waals surface area contributed by atoms with Crippen LogP contribution in [0.1, 0.15) is 47.0 Å². The van der Waals surface area contributed by atoms with Crippen LogP contribution in [0.4, 0.5) is 4.79 Å². The number of nitrogens with zero attached hydrogens (tertiary/aromatic N) is 1. The topological polar surface area (TPSA) is 146 Å². The molecule has 0 radical (unpaired) electrons. The first-order valence-corrected chi connectivity index (χ1v) is 9.70. The Labute approximate surface area is 180 Å². The minimum atomic E-state index is -1.24. The van der Waals surface area contributed by atoms with Gasteiger partial charge >= 0.3 is 30.0 Å². The highest BCUT2D eigenvalue weighted by Gasteiger charge is 2.43. The van der Waals surface area contributed by atoms with Gasteiger partial charge in [0.15, 0.2) is 0 Å². The van der Waals surface area contributed by atoms with Crippen molar-refractivity contribution in [2.75, 3.05) is 19.8 Å². The number of hydrogen-bond acceptors (Lipinski definition) is 9. The number of amides is 1. The summed E-state index contributed by atoms with van der Waals surface area (Å²) in [7, 11) is 0. The number of aliphatic carboxylic acids is 1. The lowest BCUT2D eigenvalue weighted by atomic mass is 10.2. The summed E-state index contributed by atoms with van der Waals surface area (Å²) in [4.78, 5) is 59.5. The molecule has 11 heteroatoms. The fraction of sp³-hybridized carbons (Fsp3) is 0.650. The van der Waals surface area contributed by atoms with Crippen LogP contribution < -0.4 is 0 Å². The van der Waals surface area contributed by atoms with Crippen LogP contribution in [-0.2, 0) is 38.1 Å². The third-order valence-electron chi connectivity index (χ3n) is 3.94. The summed E-state index contributed by atoms with van der Waals surface area (Å²) >= 11 is 0. The SMILES string of the molecule is C=C(C)C(=O)OCCOC(=O)CCC(=O)O[C@@H]1C[C@H](C(=O)O)N(C(=O)OC(C)(C)C)C1. The minimum Gasteiger partial charge on any atom is -0.480 e. The molecule has 1 saturated heterocycles. The number of carbonyl (C=O) groups excluding carboxylic acids is 4. The van der Waals surface area contributed by atoms with Gasteiger partial charge in [0.25, 0.3) is 0 Å². The largest absolute Gasteiger partial charge is 0.480 e. The molecule has 0 aromatic rings. The zero-order chi connectivity index (χ0) is 23.8.